The molecule has 0 bridgehead atoms. The summed E-state index contributed by atoms with van der Waals surface area (Å²) in [5.74, 6) is 4.31. The summed E-state index contributed by atoms with van der Waals surface area (Å²) >= 11 is 0. The average Bonchev–Trinajstić information content (AvgIpc) is 2.38. The molecular formula is C14H13NO5. The molecule has 0 N–H and O–H groups in total. The Labute approximate surface area is 115 Å². The molecule has 104 valence electrons. The molecule has 1 rings (SSSR count). The van der Waals surface area contributed by atoms with E-state index in [2.05, 4.69) is 16.6 Å². The van der Waals surface area contributed by atoms with Gasteiger partial charge in [0.15, 0.2) is 5.78 Å². The number of rotatable bonds is 4. The summed E-state index contributed by atoms with van der Waals surface area (Å²) in [6.07, 6.45) is -0.139. The lowest BCUT2D eigenvalue weighted by Gasteiger charge is -1.99. The maximum atomic E-state index is 11.2. The van der Waals surface area contributed by atoms with Crippen LogP contribution >= 0.6 is 0 Å². The van der Waals surface area contributed by atoms with Crippen LogP contribution in [0.25, 0.3) is 0 Å². The molecule has 20 heavy (non-hydrogen) atoms. The Morgan fingerprint density at radius 1 is 1.40 bits per heavy atom. The van der Waals surface area contributed by atoms with Crippen LogP contribution in [0, 0.1) is 22.0 Å². The first kappa shape index (κ1) is 15.4. The summed E-state index contributed by atoms with van der Waals surface area (Å²) in [5, 5.41) is 10.9. The van der Waals surface area contributed by atoms with Gasteiger partial charge in [-0.05, 0) is 26.0 Å². The summed E-state index contributed by atoms with van der Waals surface area (Å²) in [4.78, 5) is 32.6. The Balaban J connectivity index is 3.01. The molecule has 0 aliphatic carbocycles. The molecule has 6 nitrogen and oxygen atoms in total. The van der Waals surface area contributed by atoms with E-state index in [4.69, 9.17) is 0 Å². The second kappa shape index (κ2) is 7.04. The number of carbonyl (C=O) groups excluding carboxylic acids is 2. The van der Waals surface area contributed by atoms with Crippen molar-refractivity contribution in [3.05, 3.63) is 39.4 Å². The van der Waals surface area contributed by atoms with Crippen molar-refractivity contribution in [3.63, 3.8) is 0 Å². The van der Waals surface area contributed by atoms with Crippen molar-refractivity contribution in [2.24, 2.45) is 0 Å². The average molecular weight is 275 g/mol. The topological polar surface area (TPSA) is 86.5 Å². The SMILES string of the molecule is CCOC(=O)CC#Cc1ccc(C(C)=O)cc1[N+](=O)[O-]. The van der Waals surface area contributed by atoms with E-state index in [1.54, 1.807) is 6.92 Å². The highest BCUT2D eigenvalue weighted by atomic mass is 16.6. The molecule has 0 heterocycles. The van der Waals surface area contributed by atoms with E-state index >= 15 is 0 Å². The van der Waals surface area contributed by atoms with Gasteiger partial charge in [0.05, 0.1) is 11.5 Å². The van der Waals surface area contributed by atoms with E-state index in [0.29, 0.717) is 0 Å². The third-order valence-corrected chi connectivity index (χ3v) is 2.36. The van der Waals surface area contributed by atoms with Crippen LogP contribution in [0.1, 0.15) is 36.2 Å². The number of Topliss-reactive ketones (excluding diaryl/α,β-unsaturated/α-hetero) is 1. The molecule has 1 aromatic rings. The van der Waals surface area contributed by atoms with Crippen LogP contribution < -0.4 is 0 Å². The first-order chi connectivity index (χ1) is 9.45. The molecule has 0 fully saturated rings. The normalized spacial score (nSPS) is 9.30. The maximum absolute atomic E-state index is 11.2. The molecule has 0 radical (unpaired) electrons. The fraction of sp³-hybridized carbons (Fsp3) is 0.286. The lowest BCUT2D eigenvalue weighted by Crippen LogP contribution is -2.02. The standard InChI is InChI=1S/C14H13NO5/c1-3-20-14(17)6-4-5-11-7-8-12(10(2)16)9-13(11)15(18)19/h7-9H,3,6H2,1-2H3. The zero-order valence-electron chi connectivity index (χ0n) is 11.1. The summed E-state index contributed by atoms with van der Waals surface area (Å²) in [6, 6.07) is 4.04. The van der Waals surface area contributed by atoms with Crippen LogP contribution in [0.3, 0.4) is 0 Å². The van der Waals surface area contributed by atoms with Crippen molar-refractivity contribution in [1.82, 2.24) is 0 Å². The van der Waals surface area contributed by atoms with Gasteiger partial charge in [0.25, 0.3) is 5.69 Å². The second-order valence-electron chi connectivity index (χ2n) is 3.83. The van der Waals surface area contributed by atoms with E-state index in [0.717, 1.165) is 0 Å². The van der Waals surface area contributed by atoms with Gasteiger partial charge in [0.2, 0.25) is 0 Å². The summed E-state index contributed by atoms with van der Waals surface area (Å²) < 4.78 is 4.69. The summed E-state index contributed by atoms with van der Waals surface area (Å²) in [6.45, 7) is 3.26. The minimum absolute atomic E-state index is 0.139. The fourth-order valence-electron chi connectivity index (χ4n) is 1.43. The molecule has 0 unspecified atom stereocenters. The van der Waals surface area contributed by atoms with Gasteiger partial charge in [-0.15, -0.1) is 0 Å². The number of hydrogen-bond acceptors (Lipinski definition) is 5. The number of benzene rings is 1. The highest BCUT2D eigenvalue weighted by Crippen LogP contribution is 2.19. The molecule has 1 aromatic carbocycles. The molecule has 0 aliphatic rings. The quantitative estimate of drug-likeness (QED) is 0.276. The van der Waals surface area contributed by atoms with Gasteiger partial charge in [-0.3, -0.25) is 19.7 Å². The number of ether oxygens (including phenoxy) is 1. The Hall–Kier alpha value is -2.68. The van der Waals surface area contributed by atoms with Crippen molar-refractivity contribution >= 4 is 17.4 Å². The molecule has 0 saturated carbocycles. The maximum Gasteiger partial charge on any atom is 0.317 e. The predicted octanol–water partition coefficient (Wildman–Crippen LogP) is 2.10. The highest BCUT2D eigenvalue weighted by Gasteiger charge is 2.14. The molecule has 0 atom stereocenters. The lowest BCUT2D eigenvalue weighted by atomic mass is 10.1. The third-order valence-electron chi connectivity index (χ3n) is 2.36. The van der Waals surface area contributed by atoms with E-state index < -0.39 is 10.9 Å². The molecule has 0 aliphatic heterocycles. The van der Waals surface area contributed by atoms with Gasteiger partial charge >= 0.3 is 5.97 Å². The first-order valence-corrected chi connectivity index (χ1v) is 5.89. The first-order valence-electron chi connectivity index (χ1n) is 5.89. The van der Waals surface area contributed by atoms with Gasteiger partial charge in [-0.25, -0.2) is 0 Å². The minimum atomic E-state index is -0.610. The van der Waals surface area contributed by atoms with Crippen LogP contribution in [0.2, 0.25) is 0 Å². The van der Waals surface area contributed by atoms with Crippen LogP contribution in [-0.2, 0) is 9.53 Å². The van der Waals surface area contributed by atoms with E-state index in [9.17, 15) is 19.7 Å². The second-order valence-corrected chi connectivity index (χ2v) is 3.83. The smallest absolute Gasteiger partial charge is 0.317 e. The number of nitro groups is 1. The molecule has 6 heteroatoms. The lowest BCUT2D eigenvalue weighted by molar-refractivity contribution is -0.385. The largest absolute Gasteiger partial charge is 0.465 e. The van der Waals surface area contributed by atoms with E-state index in [1.807, 2.05) is 0 Å². The number of carbonyl (C=O) groups is 2. The van der Waals surface area contributed by atoms with Gasteiger partial charge in [0.1, 0.15) is 12.0 Å². The number of ketones is 1. The number of esters is 1. The molecule has 0 aromatic heterocycles. The van der Waals surface area contributed by atoms with E-state index in [1.165, 1.54) is 25.1 Å². The highest BCUT2D eigenvalue weighted by molar-refractivity contribution is 5.95. The number of hydrogen-bond donors (Lipinski definition) is 0. The zero-order chi connectivity index (χ0) is 15.1. The van der Waals surface area contributed by atoms with Crippen molar-refractivity contribution in [3.8, 4) is 11.8 Å². The van der Waals surface area contributed by atoms with Gasteiger partial charge in [-0.1, -0.05) is 11.8 Å². The molecule has 0 spiro atoms. The van der Waals surface area contributed by atoms with Crippen LogP contribution in [0.15, 0.2) is 18.2 Å². The van der Waals surface area contributed by atoms with Gasteiger partial charge in [-0.2, -0.15) is 0 Å². The van der Waals surface area contributed by atoms with Gasteiger partial charge < -0.3 is 4.74 Å². The Morgan fingerprint density at radius 3 is 2.65 bits per heavy atom. The van der Waals surface area contributed by atoms with Crippen molar-refractivity contribution in [2.75, 3.05) is 6.61 Å². The monoisotopic (exact) mass is 275 g/mol. The van der Waals surface area contributed by atoms with Crippen LogP contribution in [0.5, 0.6) is 0 Å². The van der Waals surface area contributed by atoms with Crippen LogP contribution in [-0.4, -0.2) is 23.3 Å². The van der Waals surface area contributed by atoms with Crippen molar-refractivity contribution < 1.29 is 19.2 Å². The molecular weight excluding hydrogens is 262 g/mol. The Morgan fingerprint density at radius 2 is 2.10 bits per heavy atom. The predicted molar refractivity (Wildman–Crippen MR) is 71.2 cm³/mol. The summed E-state index contributed by atoms with van der Waals surface area (Å²) in [7, 11) is 0. The zero-order valence-corrected chi connectivity index (χ0v) is 11.1. The third kappa shape index (κ3) is 4.21. The Kier molecular flexibility index (Phi) is 5.42. The summed E-state index contributed by atoms with van der Waals surface area (Å²) in [5.41, 5.74) is 0.144. The van der Waals surface area contributed by atoms with Crippen molar-refractivity contribution in [2.45, 2.75) is 20.3 Å². The van der Waals surface area contributed by atoms with Crippen LogP contribution in [0.4, 0.5) is 5.69 Å². The van der Waals surface area contributed by atoms with Crippen molar-refractivity contribution in [1.29, 1.82) is 0 Å². The molecule has 0 saturated heterocycles. The van der Waals surface area contributed by atoms with Gasteiger partial charge in [0, 0.05) is 11.6 Å². The fourth-order valence-corrected chi connectivity index (χ4v) is 1.43. The minimum Gasteiger partial charge on any atom is -0.465 e. The Bertz CT molecular complexity index is 610. The number of nitro benzene ring substituents is 1. The molecule has 0 amide bonds. The van der Waals surface area contributed by atoms with E-state index in [-0.39, 0.29) is 35.6 Å². The number of nitrogens with zero attached hydrogens (tertiary/aromatic N) is 1.